The third kappa shape index (κ3) is 3.04. The molecule has 0 saturated heterocycles. The third-order valence-electron chi connectivity index (χ3n) is 2.05. The van der Waals surface area contributed by atoms with Crippen LogP contribution in [0.1, 0.15) is 6.42 Å². The highest BCUT2D eigenvalue weighted by molar-refractivity contribution is 5.66. The summed E-state index contributed by atoms with van der Waals surface area (Å²) in [5.41, 5.74) is 0.785. The maximum Gasteiger partial charge on any atom is 0.306 e. The second-order valence-corrected chi connectivity index (χ2v) is 3.26. The van der Waals surface area contributed by atoms with Crippen molar-refractivity contribution in [3.63, 3.8) is 0 Å². The number of aliphatic carboxylic acids is 1. The van der Waals surface area contributed by atoms with Crippen LogP contribution < -0.4 is 4.74 Å². The van der Waals surface area contributed by atoms with Crippen LogP contribution in [-0.2, 0) is 4.79 Å². The number of nitrogens with zero attached hydrogens (tertiary/aromatic N) is 2. The van der Waals surface area contributed by atoms with Gasteiger partial charge in [-0.05, 0) is 24.3 Å². The number of benzene rings is 1. The molecule has 0 fully saturated rings. The van der Waals surface area contributed by atoms with Crippen molar-refractivity contribution in [1.29, 1.82) is 0 Å². The first-order valence-electron chi connectivity index (χ1n) is 4.97. The largest absolute Gasteiger partial charge is 0.493 e. The van der Waals surface area contributed by atoms with Crippen LogP contribution in [-0.4, -0.2) is 27.9 Å². The molecule has 2 rings (SSSR count). The van der Waals surface area contributed by atoms with E-state index >= 15 is 0 Å². The van der Waals surface area contributed by atoms with Crippen molar-refractivity contribution in [2.24, 2.45) is 0 Å². The summed E-state index contributed by atoms with van der Waals surface area (Å²) in [5.74, 6) is 0.157. The van der Waals surface area contributed by atoms with Crippen LogP contribution in [0.2, 0.25) is 0 Å². The molecule has 6 nitrogen and oxygen atoms in total. The van der Waals surface area contributed by atoms with E-state index in [2.05, 4.69) is 10.2 Å². The van der Waals surface area contributed by atoms with Crippen molar-refractivity contribution >= 4 is 5.97 Å². The lowest BCUT2D eigenvalue weighted by atomic mass is 10.2. The molecule has 17 heavy (non-hydrogen) atoms. The average molecular weight is 234 g/mol. The predicted molar refractivity (Wildman–Crippen MR) is 57.5 cm³/mol. The van der Waals surface area contributed by atoms with E-state index in [0.29, 0.717) is 11.6 Å². The number of carboxylic acids is 1. The summed E-state index contributed by atoms with van der Waals surface area (Å²) in [6.07, 6.45) is 1.23. The van der Waals surface area contributed by atoms with Gasteiger partial charge in [0.25, 0.3) is 0 Å². The minimum absolute atomic E-state index is 0.0224. The average Bonchev–Trinajstić information content (AvgIpc) is 2.83. The molecule has 1 N–H and O–H groups in total. The van der Waals surface area contributed by atoms with Crippen LogP contribution in [0.5, 0.6) is 5.75 Å². The Morgan fingerprint density at radius 3 is 2.71 bits per heavy atom. The standard InChI is InChI=1S/C11H10N2O4/c14-10(15)5-6-16-9-3-1-8(2-4-9)11-13-12-7-17-11/h1-4,7H,5-6H2,(H,14,15). The predicted octanol–water partition coefficient (Wildman–Crippen LogP) is 1.59. The highest BCUT2D eigenvalue weighted by Gasteiger charge is 2.03. The van der Waals surface area contributed by atoms with Gasteiger partial charge in [-0.1, -0.05) is 0 Å². The van der Waals surface area contributed by atoms with Gasteiger partial charge in [-0.3, -0.25) is 4.79 Å². The number of carboxylic acid groups (broad SMARTS) is 1. The molecule has 2 aromatic rings. The summed E-state index contributed by atoms with van der Waals surface area (Å²) >= 11 is 0. The third-order valence-corrected chi connectivity index (χ3v) is 2.05. The summed E-state index contributed by atoms with van der Waals surface area (Å²) in [6.45, 7) is 0.148. The Labute approximate surface area is 96.9 Å². The summed E-state index contributed by atoms with van der Waals surface area (Å²) in [4.78, 5) is 10.3. The number of hydrogen-bond acceptors (Lipinski definition) is 5. The zero-order valence-corrected chi connectivity index (χ0v) is 8.87. The molecule has 0 bridgehead atoms. The molecule has 0 atom stereocenters. The van der Waals surface area contributed by atoms with Crippen molar-refractivity contribution in [3.05, 3.63) is 30.7 Å². The zero-order chi connectivity index (χ0) is 12.1. The molecule has 0 spiro atoms. The number of aromatic nitrogens is 2. The normalized spacial score (nSPS) is 10.1. The van der Waals surface area contributed by atoms with Gasteiger partial charge in [0.1, 0.15) is 5.75 Å². The van der Waals surface area contributed by atoms with Gasteiger partial charge in [0.05, 0.1) is 13.0 Å². The fraction of sp³-hybridized carbons (Fsp3) is 0.182. The van der Waals surface area contributed by atoms with Gasteiger partial charge in [0, 0.05) is 5.56 Å². The van der Waals surface area contributed by atoms with E-state index in [1.165, 1.54) is 6.39 Å². The first-order chi connectivity index (χ1) is 8.25. The van der Waals surface area contributed by atoms with Crippen molar-refractivity contribution in [1.82, 2.24) is 10.2 Å². The molecule has 0 aliphatic heterocycles. The number of hydrogen-bond donors (Lipinski definition) is 1. The van der Waals surface area contributed by atoms with Gasteiger partial charge in [-0.25, -0.2) is 0 Å². The molecular formula is C11H10N2O4. The van der Waals surface area contributed by atoms with E-state index in [0.717, 1.165) is 5.56 Å². The molecule has 0 aliphatic rings. The summed E-state index contributed by atoms with van der Waals surface area (Å²) < 4.78 is 10.3. The molecule has 1 aromatic heterocycles. The second kappa shape index (κ2) is 5.11. The van der Waals surface area contributed by atoms with Crippen LogP contribution >= 0.6 is 0 Å². The van der Waals surface area contributed by atoms with E-state index in [4.69, 9.17) is 14.3 Å². The molecule has 1 aromatic carbocycles. The van der Waals surface area contributed by atoms with Crippen LogP contribution in [0.25, 0.3) is 11.5 Å². The minimum atomic E-state index is -0.882. The first-order valence-corrected chi connectivity index (χ1v) is 4.97. The Kier molecular flexibility index (Phi) is 3.34. The van der Waals surface area contributed by atoms with Crippen molar-refractivity contribution < 1.29 is 19.1 Å². The van der Waals surface area contributed by atoms with E-state index in [-0.39, 0.29) is 13.0 Å². The van der Waals surface area contributed by atoms with Crippen molar-refractivity contribution in [2.45, 2.75) is 6.42 Å². The van der Waals surface area contributed by atoms with E-state index < -0.39 is 5.97 Å². The molecule has 88 valence electrons. The van der Waals surface area contributed by atoms with Gasteiger partial charge < -0.3 is 14.3 Å². The molecule has 0 unspecified atom stereocenters. The van der Waals surface area contributed by atoms with E-state index in [9.17, 15) is 4.79 Å². The molecule has 0 amide bonds. The Bertz CT molecular complexity index is 479. The molecule has 1 heterocycles. The lowest BCUT2D eigenvalue weighted by Crippen LogP contribution is -2.04. The van der Waals surface area contributed by atoms with Crippen LogP contribution in [0, 0.1) is 0 Å². The Balaban J connectivity index is 1.96. The van der Waals surface area contributed by atoms with E-state index in [1.54, 1.807) is 24.3 Å². The maximum absolute atomic E-state index is 10.3. The topological polar surface area (TPSA) is 85.5 Å². The Hall–Kier alpha value is -2.37. The molecular weight excluding hydrogens is 224 g/mol. The Morgan fingerprint density at radius 1 is 1.35 bits per heavy atom. The summed E-state index contributed by atoms with van der Waals surface area (Å²) in [6, 6.07) is 6.98. The first kappa shape index (κ1) is 11.1. The summed E-state index contributed by atoms with van der Waals surface area (Å²) in [5, 5.41) is 15.8. The highest BCUT2D eigenvalue weighted by Crippen LogP contribution is 2.20. The molecule has 6 heteroatoms. The molecule has 0 aliphatic carbocycles. The monoisotopic (exact) mass is 234 g/mol. The molecule has 0 radical (unpaired) electrons. The van der Waals surface area contributed by atoms with Gasteiger partial charge in [0.2, 0.25) is 12.3 Å². The van der Waals surface area contributed by atoms with Gasteiger partial charge >= 0.3 is 5.97 Å². The SMILES string of the molecule is O=C(O)CCOc1ccc(-c2nnco2)cc1. The minimum Gasteiger partial charge on any atom is -0.493 e. The van der Waals surface area contributed by atoms with Crippen LogP contribution in [0.15, 0.2) is 35.1 Å². The van der Waals surface area contributed by atoms with E-state index in [1.807, 2.05) is 0 Å². The van der Waals surface area contributed by atoms with Crippen LogP contribution in [0.3, 0.4) is 0 Å². The van der Waals surface area contributed by atoms with Gasteiger partial charge in [-0.2, -0.15) is 0 Å². The number of ether oxygens (including phenoxy) is 1. The smallest absolute Gasteiger partial charge is 0.306 e. The lowest BCUT2D eigenvalue weighted by Gasteiger charge is -2.04. The van der Waals surface area contributed by atoms with Crippen LogP contribution in [0.4, 0.5) is 0 Å². The number of rotatable bonds is 5. The van der Waals surface area contributed by atoms with Crippen molar-refractivity contribution in [3.8, 4) is 17.2 Å². The molecule has 0 saturated carbocycles. The Morgan fingerprint density at radius 2 is 2.12 bits per heavy atom. The fourth-order valence-corrected chi connectivity index (χ4v) is 1.25. The summed E-state index contributed by atoms with van der Waals surface area (Å²) in [7, 11) is 0. The fourth-order valence-electron chi connectivity index (χ4n) is 1.25. The van der Waals surface area contributed by atoms with Gasteiger partial charge in [-0.15, -0.1) is 10.2 Å². The second-order valence-electron chi connectivity index (χ2n) is 3.26. The van der Waals surface area contributed by atoms with Crippen molar-refractivity contribution in [2.75, 3.05) is 6.61 Å². The van der Waals surface area contributed by atoms with Gasteiger partial charge in [0.15, 0.2) is 0 Å². The zero-order valence-electron chi connectivity index (χ0n) is 8.87. The highest BCUT2D eigenvalue weighted by atomic mass is 16.5. The quantitative estimate of drug-likeness (QED) is 0.845. The lowest BCUT2D eigenvalue weighted by molar-refractivity contribution is -0.137. The maximum atomic E-state index is 10.3. The number of carbonyl (C=O) groups is 1.